The summed E-state index contributed by atoms with van der Waals surface area (Å²) in [6.07, 6.45) is 0.112. The van der Waals surface area contributed by atoms with Gasteiger partial charge in [0.15, 0.2) is 0 Å². The summed E-state index contributed by atoms with van der Waals surface area (Å²) in [5.74, 6) is -2.56. The Hall–Kier alpha value is -2.89. The zero-order valence-electron chi connectivity index (χ0n) is 13.7. The van der Waals surface area contributed by atoms with Gasteiger partial charge in [-0.25, -0.2) is 0 Å². The van der Waals surface area contributed by atoms with Crippen LogP contribution in [0.4, 0.5) is 0 Å². The van der Waals surface area contributed by atoms with E-state index in [1.54, 1.807) is 20.8 Å². The molecule has 1 aliphatic heterocycles. The number of benzene rings is 1. The van der Waals surface area contributed by atoms with Gasteiger partial charge in [-0.1, -0.05) is 25.1 Å². The molecule has 1 aromatic heterocycles. The van der Waals surface area contributed by atoms with E-state index < -0.39 is 23.8 Å². The van der Waals surface area contributed by atoms with Gasteiger partial charge in [0.2, 0.25) is 0 Å². The molecular formula is C18H17N2O4-. The van der Waals surface area contributed by atoms with E-state index in [0.717, 1.165) is 10.6 Å². The van der Waals surface area contributed by atoms with E-state index in [1.807, 2.05) is 34.9 Å². The summed E-state index contributed by atoms with van der Waals surface area (Å²) in [6, 6.07) is 8.16. The first-order chi connectivity index (χ1) is 11.4. The monoisotopic (exact) mass is 325 g/mol. The van der Waals surface area contributed by atoms with Crippen LogP contribution in [0.25, 0.3) is 5.69 Å². The number of amides is 2. The lowest BCUT2D eigenvalue weighted by Crippen LogP contribution is -2.50. The number of carboxylic acids is 1. The van der Waals surface area contributed by atoms with Crippen LogP contribution in [-0.4, -0.2) is 33.3 Å². The van der Waals surface area contributed by atoms with Crippen LogP contribution in [0.2, 0.25) is 0 Å². The van der Waals surface area contributed by atoms with Crippen molar-refractivity contribution in [2.24, 2.45) is 0 Å². The molecule has 0 saturated heterocycles. The number of aromatic nitrogens is 1. The first-order valence-electron chi connectivity index (χ1n) is 7.76. The maximum Gasteiger partial charge on any atom is 0.264 e. The molecule has 6 heteroatoms. The van der Waals surface area contributed by atoms with Gasteiger partial charge < -0.3 is 14.5 Å². The van der Waals surface area contributed by atoms with Crippen molar-refractivity contribution in [3.8, 4) is 5.69 Å². The lowest BCUT2D eigenvalue weighted by atomic mass is 10.1. The Balaban J connectivity index is 2.16. The number of carboxylic acid groups (broad SMARTS) is 1. The fraction of sp³-hybridized carbons (Fsp3) is 0.278. The number of imide groups is 1. The predicted molar refractivity (Wildman–Crippen MR) is 84.8 cm³/mol. The predicted octanol–water partition coefficient (Wildman–Crippen LogP) is 1.22. The van der Waals surface area contributed by atoms with Gasteiger partial charge in [-0.2, -0.15) is 0 Å². The summed E-state index contributed by atoms with van der Waals surface area (Å²) in [6.45, 7) is 5.12. The molecule has 1 atom stereocenters. The van der Waals surface area contributed by atoms with Gasteiger partial charge in [0.1, 0.15) is 0 Å². The average molecular weight is 325 g/mol. The fourth-order valence-corrected chi connectivity index (χ4v) is 3.40. The summed E-state index contributed by atoms with van der Waals surface area (Å²) in [7, 11) is 0. The van der Waals surface area contributed by atoms with Crippen LogP contribution < -0.4 is 5.11 Å². The molecule has 2 aromatic rings. The van der Waals surface area contributed by atoms with Crippen molar-refractivity contribution in [3.63, 3.8) is 0 Å². The highest BCUT2D eigenvalue weighted by Gasteiger charge is 2.44. The largest absolute Gasteiger partial charge is 0.548 e. The molecule has 0 radical (unpaired) electrons. The highest BCUT2D eigenvalue weighted by Crippen LogP contribution is 2.34. The Bertz CT molecular complexity index is 812. The average Bonchev–Trinajstić information content (AvgIpc) is 2.96. The van der Waals surface area contributed by atoms with Crippen molar-refractivity contribution in [1.29, 1.82) is 0 Å². The Morgan fingerprint density at radius 2 is 1.54 bits per heavy atom. The number of fused-ring (bicyclic) bond motifs is 1. The standard InChI is InChI=1S/C18H18N2O4/c1-4-13(18(23)24)20-16(21)14-10(2)19(11(3)15(14)17(20)22)12-8-6-5-7-9-12/h5-9,13H,4H2,1-3H3,(H,23,24)/p-1. The van der Waals surface area contributed by atoms with Gasteiger partial charge in [0.05, 0.1) is 23.1 Å². The number of rotatable bonds is 4. The Kier molecular flexibility index (Phi) is 3.75. The van der Waals surface area contributed by atoms with Crippen molar-refractivity contribution >= 4 is 17.8 Å². The van der Waals surface area contributed by atoms with Crippen molar-refractivity contribution in [2.75, 3.05) is 0 Å². The molecule has 1 aromatic carbocycles. The topological polar surface area (TPSA) is 82.4 Å². The molecule has 0 spiro atoms. The first kappa shape index (κ1) is 16.0. The number of hydrogen-bond acceptors (Lipinski definition) is 4. The number of aliphatic carboxylic acids is 1. The highest BCUT2D eigenvalue weighted by atomic mass is 16.4. The quantitative estimate of drug-likeness (QED) is 0.791. The zero-order valence-corrected chi connectivity index (χ0v) is 13.7. The SMILES string of the molecule is CCC(C(=O)[O-])N1C(=O)c2c(c(C)n(-c3ccccc3)c2C)C1=O. The highest BCUT2D eigenvalue weighted by molar-refractivity contribution is 6.24. The zero-order chi connectivity index (χ0) is 17.6. The van der Waals surface area contributed by atoms with Gasteiger partial charge in [0, 0.05) is 17.1 Å². The molecule has 2 heterocycles. The van der Waals surface area contributed by atoms with E-state index in [-0.39, 0.29) is 17.5 Å². The molecule has 2 amide bonds. The molecule has 24 heavy (non-hydrogen) atoms. The minimum atomic E-state index is -1.42. The Morgan fingerprint density at radius 3 is 1.96 bits per heavy atom. The van der Waals surface area contributed by atoms with Crippen molar-refractivity contribution in [1.82, 2.24) is 9.47 Å². The summed E-state index contributed by atoms with van der Waals surface area (Å²) in [4.78, 5) is 37.6. The second-order valence-electron chi connectivity index (χ2n) is 5.82. The van der Waals surface area contributed by atoms with E-state index in [0.29, 0.717) is 11.4 Å². The number of hydrogen-bond donors (Lipinski definition) is 0. The van der Waals surface area contributed by atoms with E-state index in [9.17, 15) is 19.5 Å². The molecular weight excluding hydrogens is 308 g/mol. The summed E-state index contributed by atoms with van der Waals surface area (Å²) in [5.41, 5.74) is 2.66. The van der Waals surface area contributed by atoms with Crippen molar-refractivity contribution in [3.05, 3.63) is 52.8 Å². The van der Waals surface area contributed by atoms with Crippen molar-refractivity contribution < 1.29 is 19.5 Å². The lowest BCUT2D eigenvalue weighted by molar-refractivity contribution is -0.310. The van der Waals surface area contributed by atoms with Crippen LogP contribution in [0, 0.1) is 13.8 Å². The number of carbonyl (C=O) groups excluding carboxylic acids is 3. The number of carbonyl (C=O) groups is 3. The number of para-hydroxylation sites is 1. The summed E-state index contributed by atoms with van der Waals surface area (Å²) in [5, 5.41) is 11.3. The summed E-state index contributed by atoms with van der Waals surface area (Å²) < 4.78 is 1.85. The molecule has 0 aliphatic carbocycles. The maximum absolute atomic E-state index is 12.7. The van der Waals surface area contributed by atoms with Crippen LogP contribution in [0.5, 0.6) is 0 Å². The third-order valence-electron chi connectivity index (χ3n) is 4.49. The number of nitrogens with zero attached hydrogens (tertiary/aromatic N) is 2. The van der Waals surface area contributed by atoms with Gasteiger partial charge in [-0.3, -0.25) is 14.5 Å². The van der Waals surface area contributed by atoms with E-state index in [2.05, 4.69) is 0 Å². The van der Waals surface area contributed by atoms with Gasteiger partial charge in [-0.05, 0) is 32.4 Å². The van der Waals surface area contributed by atoms with Crippen LogP contribution in [0.3, 0.4) is 0 Å². The van der Waals surface area contributed by atoms with Crippen molar-refractivity contribution in [2.45, 2.75) is 33.2 Å². The molecule has 0 fully saturated rings. The van der Waals surface area contributed by atoms with Crippen LogP contribution in [0.1, 0.15) is 45.4 Å². The second-order valence-corrected chi connectivity index (χ2v) is 5.82. The molecule has 0 saturated carbocycles. The lowest BCUT2D eigenvalue weighted by Gasteiger charge is -2.26. The van der Waals surface area contributed by atoms with Crippen LogP contribution in [0.15, 0.2) is 30.3 Å². The molecule has 3 rings (SSSR count). The molecule has 1 aliphatic rings. The molecule has 1 unspecified atom stereocenters. The molecule has 0 bridgehead atoms. The normalized spacial score (nSPS) is 14.9. The summed E-state index contributed by atoms with van der Waals surface area (Å²) >= 11 is 0. The Labute approximate surface area is 139 Å². The van der Waals surface area contributed by atoms with Gasteiger partial charge >= 0.3 is 0 Å². The fourth-order valence-electron chi connectivity index (χ4n) is 3.40. The third-order valence-corrected chi connectivity index (χ3v) is 4.49. The van der Waals surface area contributed by atoms with Gasteiger partial charge in [0.25, 0.3) is 11.8 Å². The van der Waals surface area contributed by atoms with E-state index in [1.165, 1.54) is 0 Å². The van der Waals surface area contributed by atoms with Gasteiger partial charge in [-0.15, -0.1) is 0 Å². The minimum Gasteiger partial charge on any atom is -0.548 e. The minimum absolute atomic E-state index is 0.112. The third kappa shape index (κ3) is 2.06. The van der Waals surface area contributed by atoms with E-state index >= 15 is 0 Å². The van der Waals surface area contributed by atoms with E-state index in [4.69, 9.17) is 0 Å². The maximum atomic E-state index is 12.7. The molecule has 0 N–H and O–H groups in total. The molecule has 124 valence electrons. The van der Waals surface area contributed by atoms with Crippen LogP contribution >= 0.6 is 0 Å². The molecule has 6 nitrogen and oxygen atoms in total. The Morgan fingerprint density at radius 1 is 1.04 bits per heavy atom. The first-order valence-corrected chi connectivity index (χ1v) is 7.76. The smallest absolute Gasteiger partial charge is 0.264 e. The van der Waals surface area contributed by atoms with Crippen LogP contribution in [-0.2, 0) is 4.79 Å². The second kappa shape index (κ2) is 5.63.